The van der Waals surface area contributed by atoms with Gasteiger partial charge in [0.2, 0.25) is 0 Å². The van der Waals surface area contributed by atoms with Gasteiger partial charge in [0.15, 0.2) is 0 Å². The Kier molecular flexibility index (Phi) is 5.66. The van der Waals surface area contributed by atoms with Crippen LogP contribution in [0.15, 0.2) is 42.5 Å². The van der Waals surface area contributed by atoms with Crippen LogP contribution in [0.2, 0.25) is 4.34 Å². The lowest BCUT2D eigenvalue weighted by molar-refractivity contribution is 0.0693. The van der Waals surface area contributed by atoms with Crippen LogP contribution < -0.4 is 4.31 Å². The smallest absolute Gasteiger partial charge is 0.339 e. The van der Waals surface area contributed by atoms with E-state index in [0.29, 0.717) is 0 Å². The summed E-state index contributed by atoms with van der Waals surface area (Å²) in [6.07, 6.45) is 0. The summed E-state index contributed by atoms with van der Waals surface area (Å²) < 4.78 is 50.0. The lowest BCUT2D eigenvalue weighted by atomic mass is 10.1. The van der Waals surface area contributed by atoms with E-state index in [1.165, 1.54) is 12.1 Å². The van der Waals surface area contributed by atoms with E-state index in [4.69, 9.17) is 16.7 Å². The van der Waals surface area contributed by atoms with Gasteiger partial charge in [-0.15, -0.1) is 11.3 Å². The van der Waals surface area contributed by atoms with Crippen LogP contribution in [0.5, 0.6) is 5.75 Å². The Labute approximate surface area is 168 Å². The summed E-state index contributed by atoms with van der Waals surface area (Å²) in [5, 5.41) is 18.9. The number of nitrogens with zero attached hydrogens (tertiary/aromatic N) is 1. The molecule has 0 spiro atoms. The Morgan fingerprint density at radius 1 is 1.11 bits per heavy atom. The normalized spacial score (nSPS) is 12.0. The second kappa shape index (κ2) is 7.84. The number of aromatic carboxylic acids is 1. The van der Waals surface area contributed by atoms with Gasteiger partial charge in [0, 0.05) is 17.2 Å². The molecule has 146 valence electrons. The van der Waals surface area contributed by atoms with Crippen LogP contribution in [0, 0.1) is 11.6 Å². The lowest BCUT2D eigenvalue weighted by Crippen LogP contribution is -2.18. The molecular weight excluding hydrogens is 436 g/mol. The number of carboxylic acids is 1. The molecule has 1 atom stereocenters. The third kappa shape index (κ3) is 3.85. The Bertz CT molecular complexity index is 1110. The topological polar surface area (TPSA) is 98.1 Å². The van der Waals surface area contributed by atoms with Crippen LogP contribution in [-0.4, -0.2) is 24.9 Å². The zero-order valence-corrected chi connectivity index (χ0v) is 16.0. The number of carbonyl (C=O) groups is 1. The Morgan fingerprint density at radius 3 is 2.43 bits per heavy atom. The number of carboxylic acid groups (broad SMARTS) is 1. The number of hydrogen-bond acceptors (Lipinski definition) is 4. The minimum Gasteiger partial charge on any atom is -0.507 e. The van der Waals surface area contributed by atoms with Crippen LogP contribution in [0.4, 0.5) is 19.5 Å². The van der Waals surface area contributed by atoms with Gasteiger partial charge >= 0.3 is 5.97 Å². The molecule has 0 saturated heterocycles. The van der Waals surface area contributed by atoms with Gasteiger partial charge < -0.3 is 10.2 Å². The zero-order valence-electron chi connectivity index (χ0n) is 13.6. The van der Waals surface area contributed by atoms with E-state index in [-0.39, 0.29) is 31.7 Å². The maximum atomic E-state index is 14.1. The molecule has 0 aliphatic rings. The Morgan fingerprint density at radius 2 is 1.82 bits per heavy atom. The molecule has 1 unspecified atom stereocenters. The SMILES string of the molecule is O=C(O)c1ccc(N(c2cc(-c3cc(F)ccc3F)c(Cl)s2)S(=O)O)cc1O. The first kappa shape index (κ1) is 20.2. The number of aromatic hydroxyl groups is 1. The van der Waals surface area contributed by atoms with Crippen molar-refractivity contribution in [2.75, 3.05) is 4.31 Å². The van der Waals surface area contributed by atoms with Gasteiger partial charge in [-0.3, -0.25) is 4.55 Å². The van der Waals surface area contributed by atoms with Crippen LogP contribution in [0.3, 0.4) is 0 Å². The van der Waals surface area contributed by atoms with Gasteiger partial charge in [-0.2, -0.15) is 0 Å². The van der Waals surface area contributed by atoms with E-state index >= 15 is 0 Å². The van der Waals surface area contributed by atoms with Crippen LogP contribution in [0.25, 0.3) is 11.1 Å². The molecule has 3 N–H and O–H groups in total. The number of phenols is 1. The summed E-state index contributed by atoms with van der Waals surface area (Å²) in [6.45, 7) is 0. The summed E-state index contributed by atoms with van der Waals surface area (Å²) in [4.78, 5) is 11.0. The summed E-state index contributed by atoms with van der Waals surface area (Å²) in [7, 11) is 0. The molecule has 1 heterocycles. The van der Waals surface area contributed by atoms with E-state index in [2.05, 4.69) is 0 Å². The fraction of sp³-hybridized carbons (Fsp3) is 0. The summed E-state index contributed by atoms with van der Waals surface area (Å²) >= 11 is 4.32. The molecule has 3 aromatic rings. The average Bonchev–Trinajstić information content (AvgIpc) is 2.97. The van der Waals surface area contributed by atoms with Crippen molar-refractivity contribution >= 4 is 50.9 Å². The number of anilines is 2. The lowest BCUT2D eigenvalue weighted by Gasteiger charge is -2.18. The van der Waals surface area contributed by atoms with Gasteiger partial charge in [-0.25, -0.2) is 22.1 Å². The highest BCUT2D eigenvalue weighted by Gasteiger charge is 2.23. The Hall–Kier alpha value is -2.53. The summed E-state index contributed by atoms with van der Waals surface area (Å²) in [5.41, 5.74) is -0.410. The number of halogens is 3. The minimum absolute atomic E-state index is 0.00693. The highest BCUT2D eigenvalue weighted by Crippen LogP contribution is 2.44. The number of benzene rings is 2. The Balaban J connectivity index is 2.10. The van der Waals surface area contributed by atoms with Crippen molar-refractivity contribution in [1.82, 2.24) is 0 Å². The van der Waals surface area contributed by atoms with Gasteiger partial charge in [-0.1, -0.05) is 11.6 Å². The third-order valence-electron chi connectivity index (χ3n) is 3.69. The van der Waals surface area contributed by atoms with Gasteiger partial charge in [-0.05, 0) is 36.4 Å². The monoisotopic (exact) mass is 445 g/mol. The molecule has 0 aliphatic carbocycles. The highest BCUT2D eigenvalue weighted by atomic mass is 35.5. The minimum atomic E-state index is -2.63. The average molecular weight is 446 g/mol. The third-order valence-corrected chi connectivity index (χ3v) is 5.87. The van der Waals surface area contributed by atoms with Crippen molar-refractivity contribution in [2.24, 2.45) is 0 Å². The molecule has 0 bridgehead atoms. The molecule has 3 rings (SSSR count). The first-order valence-electron chi connectivity index (χ1n) is 7.41. The second-order valence-electron chi connectivity index (χ2n) is 5.43. The fourth-order valence-electron chi connectivity index (χ4n) is 2.47. The molecule has 0 radical (unpaired) electrons. The van der Waals surface area contributed by atoms with E-state index in [1.54, 1.807) is 0 Å². The maximum Gasteiger partial charge on any atom is 0.339 e. The number of rotatable bonds is 5. The van der Waals surface area contributed by atoms with E-state index < -0.39 is 34.6 Å². The zero-order chi connectivity index (χ0) is 20.6. The standard InChI is InChI=1S/C17H10ClF2NO5S2/c18-16-12(11-5-8(19)1-4-13(11)20)7-15(27-16)21(28(25)26)9-2-3-10(17(23)24)14(22)6-9/h1-7,22H,(H,23,24)(H,25,26). The van der Waals surface area contributed by atoms with Gasteiger partial charge in [0.05, 0.1) is 5.69 Å². The number of hydrogen-bond donors (Lipinski definition) is 3. The van der Waals surface area contributed by atoms with Gasteiger partial charge in [0.1, 0.15) is 32.3 Å². The van der Waals surface area contributed by atoms with Gasteiger partial charge in [0.25, 0.3) is 11.3 Å². The predicted octanol–water partition coefficient (Wildman–Crippen LogP) is 5.03. The van der Waals surface area contributed by atoms with Crippen molar-refractivity contribution in [3.05, 3.63) is 64.0 Å². The fourth-order valence-corrected chi connectivity index (χ4v) is 4.49. The van der Waals surface area contributed by atoms with Crippen molar-refractivity contribution in [3.8, 4) is 16.9 Å². The molecule has 28 heavy (non-hydrogen) atoms. The van der Waals surface area contributed by atoms with Crippen LogP contribution >= 0.6 is 22.9 Å². The van der Waals surface area contributed by atoms with Crippen LogP contribution in [0.1, 0.15) is 10.4 Å². The number of thiophene rings is 1. The molecule has 0 amide bonds. The molecule has 2 aromatic carbocycles. The van der Waals surface area contributed by atoms with Crippen molar-refractivity contribution in [1.29, 1.82) is 0 Å². The van der Waals surface area contributed by atoms with E-state index in [1.807, 2.05) is 0 Å². The van der Waals surface area contributed by atoms with Crippen molar-refractivity contribution in [3.63, 3.8) is 0 Å². The quantitative estimate of drug-likeness (QED) is 0.479. The molecule has 0 fully saturated rings. The maximum absolute atomic E-state index is 14.1. The molecule has 1 aromatic heterocycles. The second-order valence-corrected chi connectivity index (χ2v) is 7.89. The van der Waals surface area contributed by atoms with Crippen molar-refractivity contribution in [2.45, 2.75) is 0 Å². The largest absolute Gasteiger partial charge is 0.507 e. The summed E-state index contributed by atoms with van der Waals surface area (Å²) in [5.74, 6) is -3.40. The molecule has 6 nitrogen and oxygen atoms in total. The van der Waals surface area contributed by atoms with E-state index in [0.717, 1.165) is 46.0 Å². The van der Waals surface area contributed by atoms with E-state index in [9.17, 15) is 27.4 Å². The highest BCUT2D eigenvalue weighted by molar-refractivity contribution is 7.81. The van der Waals surface area contributed by atoms with Crippen molar-refractivity contribution < 1.29 is 32.6 Å². The molecule has 11 heteroatoms. The first-order chi connectivity index (χ1) is 13.2. The first-order valence-corrected chi connectivity index (χ1v) is 9.67. The molecule has 0 saturated carbocycles. The molecular formula is C17H10ClF2NO5S2. The van der Waals surface area contributed by atoms with Crippen LogP contribution in [-0.2, 0) is 11.3 Å². The predicted molar refractivity (Wildman–Crippen MR) is 103 cm³/mol. The molecule has 0 aliphatic heterocycles. The summed E-state index contributed by atoms with van der Waals surface area (Å²) in [6, 6.07) is 7.39.